The van der Waals surface area contributed by atoms with Gasteiger partial charge in [0, 0.05) is 0 Å². The molecule has 0 spiro atoms. The van der Waals surface area contributed by atoms with Crippen molar-refractivity contribution in [2.24, 2.45) is 0 Å². The summed E-state index contributed by atoms with van der Waals surface area (Å²) in [7, 11) is 0. The van der Waals surface area contributed by atoms with Crippen molar-refractivity contribution < 1.29 is 14.9 Å². The quantitative estimate of drug-likeness (QED) is 0.491. The van der Waals surface area contributed by atoms with Crippen molar-refractivity contribution in [3.05, 3.63) is 59.7 Å². The van der Waals surface area contributed by atoms with Gasteiger partial charge in [-0.05, 0) is 44.8 Å². The Labute approximate surface area is 121 Å². The number of benzene rings is 3. The lowest BCUT2D eigenvalue weighted by atomic mass is 9.83. The zero-order valence-corrected chi connectivity index (χ0v) is 11.2. The van der Waals surface area contributed by atoms with Crippen LogP contribution in [-0.2, 0) is 4.74 Å². The van der Waals surface area contributed by atoms with E-state index in [9.17, 15) is 10.2 Å². The maximum Gasteiger partial charge on any atom is 0.118 e. The molecule has 3 nitrogen and oxygen atoms in total. The summed E-state index contributed by atoms with van der Waals surface area (Å²) in [5, 5.41) is 25.0. The van der Waals surface area contributed by atoms with Crippen molar-refractivity contribution in [2.45, 2.75) is 24.4 Å². The lowest BCUT2D eigenvalue weighted by Crippen LogP contribution is -2.29. The van der Waals surface area contributed by atoms with Crippen molar-refractivity contribution in [1.29, 1.82) is 0 Å². The number of hydrogen-bond acceptors (Lipinski definition) is 3. The van der Waals surface area contributed by atoms with Gasteiger partial charge in [0.25, 0.3) is 0 Å². The second-order valence-corrected chi connectivity index (χ2v) is 5.95. The van der Waals surface area contributed by atoms with E-state index in [1.807, 2.05) is 18.2 Å². The second-order valence-electron chi connectivity index (χ2n) is 5.95. The van der Waals surface area contributed by atoms with Gasteiger partial charge in [0.1, 0.15) is 24.4 Å². The van der Waals surface area contributed by atoms with Gasteiger partial charge in [-0.15, -0.1) is 0 Å². The number of ether oxygens (including phenoxy) is 1. The molecule has 0 amide bonds. The molecule has 3 heteroatoms. The highest BCUT2D eigenvalue weighted by Gasteiger charge is 2.54. The summed E-state index contributed by atoms with van der Waals surface area (Å²) >= 11 is 0. The van der Waals surface area contributed by atoms with Crippen LogP contribution >= 0.6 is 0 Å². The average Bonchev–Trinajstić information content (AvgIpc) is 3.30. The Kier molecular flexibility index (Phi) is 2.13. The molecule has 1 aliphatic carbocycles. The summed E-state index contributed by atoms with van der Waals surface area (Å²) in [5.41, 5.74) is 1.84. The van der Waals surface area contributed by atoms with Gasteiger partial charge in [0.2, 0.25) is 0 Å². The van der Waals surface area contributed by atoms with Crippen LogP contribution in [0.15, 0.2) is 48.5 Å². The number of aliphatic hydroxyl groups is 2. The summed E-state index contributed by atoms with van der Waals surface area (Å²) in [4.78, 5) is 0. The summed E-state index contributed by atoms with van der Waals surface area (Å²) in [6.45, 7) is 0. The minimum Gasteiger partial charge on any atom is -0.387 e. The van der Waals surface area contributed by atoms with Gasteiger partial charge in [0.15, 0.2) is 0 Å². The molecule has 5 rings (SSSR count). The maximum absolute atomic E-state index is 10.5. The predicted octanol–water partition coefficient (Wildman–Crippen LogP) is 2.84. The van der Waals surface area contributed by atoms with Crippen LogP contribution in [0.2, 0.25) is 0 Å². The fourth-order valence-electron chi connectivity index (χ4n) is 3.62. The zero-order chi connectivity index (χ0) is 14.1. The molecule has 0 unspecified atom stereocenters. The predicted molar refractivity (Wildman–Crippen MR) is 80.0 cm³/mol. The van der Waals surface area contributed by atoms with E-state index >= 15 is 0 Å². The van der Waals surface area contributed by atoms with Gasteiger partial charge in [-0.2, -0.15) is 0 Å². The standard InChI is InChI=1S/C18H14O3/c19-15-14-12(17-18(21-17)16(15)20)6-5-11-7-9-3-1-2-4-10(9)8-13(11)14/h1-8,15-20H/t15-,16+,17+,18-/m1/s1. The van der Waals surface area contributed by atoms with Crippen LogP contribution in [-0.4, -0.2) is 22.4 Å². The van der Waals surface area contributed by atoms with Gasteiger partial charge >= 0.3 is 0 Å². The Morgan fingerprint density at radius 3 is 2.43 bits per heavy atom. The molecule has 1 fully saturated rings. The number of rotatable bonds is 0. The third-order valence-electron chi connectivity index (χ3n) is 4.75. The third kappa shape index (κ3) is 1.48. The Bertz CT molecular complexity index is 886. The minimum atomic E-state index is -0.881. The smallest absolute Gasteiger partial charge is 0.118 e. The van der Waals surface area contributed by atoms with Crippen LogP contribution in [0.4, 0.5) is 0 Å². The van der Waals surface area contributed by atoms with Gasteiger partial charge < -0.3 is 14.9 Å². The second kappa shape index (κ2) is 3.83. The number of aliphatic hydroxyl groups excluding tert-OH is 2. The summed E-state index contributed by atoms with van der Waals surface area (Å²) in [6.07, 6.45) is -2.02. The fourth-order valence-corrected chi connectivity index (χ4v) is 3.62. The Morgan fingerprint density at radius 1 is 0.857 bits per heavy atom. The Balaban J connectivity index is 1.88. The van der Waals surface area contributed by atoms with Crippen LogP contribution in [0.3, 0.4) is 0 Å². The molecule has 1 heterocycles. The number of epoxide rings is 1. The average molecular weight is 278 g/mol. The van der Waals surface area contributed by atoms with Crippen LogP contribution in [0, 0.1) is 0 Å². The minimum absolute atomic E-state index is 0.0609. The summed E-state index contributed by atoms with van der Waals surface area (Å²) in [6, 6.07) is 16.5. The molecular weight excluding hydrogens is 264 g/mol. The van der Waals surface area contributed by atoms with E-state index in [0.717, 1.165) is 27.3 Å². The van der Waals surface area contributed by atoms with Crippen molar-refractivity contribution in [2.75, 3.05) is 0 Å². The number of hydrogen-bond donors (Lipinski definition) is 2. The highest BCUT2D eigenvalue weighted by Crippen LogP contribution is 2.52. The molecule has 3 aromatic carbocycles. The van der Waals surface area contributed by atoms with Gasteiger partial charge in [-0.3, -0.25) is 0 Å². The topological polar surface area (TPSA) is 53.0 Å². The first-order valence-corrected chi connectivity index (χ1v) is 7.21. The highest BCUT2D eigenvalue weighted by molar-refractivity contribution is 6.00. The molecular formula is C18H14O3. The monoisotopic (exact) mass is 278 g/mol. The molecule has 0 bridgehead atoms. The Hall–Kier alpha value is -1.94. The fraction of sp³-hybridized carbons (Fsp3) is 0.222. The van der Waals surface area contributed by atoms with E-state index in [1.165, 1.54) is 5.39 Å². The zero-order valence-electron chi connectivity index (χ0n) is 11.2. The summed E-state index contributed by atoms with van der Waals surface area (Å²) < 4.78 is 5.51. The van der Waals surface area contributed by atoms with E-state index in [1.54, 1.807) is 0 Å². The molecule has 1 aliphatic heterocycles. The first-order valence-electron chi connectivity index (χ1n) is 7.21. The number of fused-ring (bicyclic) bond motifs is 6. The van der Waals surface area contributed by atoms with Crippen LogP contribution in [0.1, 0.15) is 23.3 Å². The first kappa shape index (κ1) is 11.7. The maximum atomic E-state index is 10.5. The SMILES string of the molecule is O[C@@H]1[C@H]2O[C@H]2c2ccc3cc4ccccc4cc3c2[C@H]1O. The van der Waals surface area contributed by atoms with Crippen LogP contribution in [0.25, 0.3) is 21.5 Å². The molecule has 2 aliphatic rings. The van der Waals surface area contributed by atoms with Crippen molar-refractivity contribution in [3.8, 4) is 0 Å². The van der Waals surface area contributed by atoms with E-state index in [-0.39, 0.29) is 12.2 Å². The third-order valence-corrected chi connectivity index (χ3v) is 4.75. The van der Waals surface area contributed by atoms with Gasteiger partial charge in [-0.1, -0.05) is 36.4 Å². The molecule has 4 atom stereocenters. The van der Waals surface area contributed by atoms with Gasteiger partial charge in [-0.25, -0.2) is 0 Å². The molecule has 104 valence electrons. The molecule has 2 N–H and O–H groups in total. The van der Waals surface area contributed by atoms with E-state index in [4.69, 9.17) is 4.74 Å². The van der Waals surface area contributed by atoms with Gasteiger partial charge in [0.05, 0.1) is 0 Å². The first-order chi connectivity index (χ1) is 10.2. The van der Waals surface area contributed by atoms with Crippen molar-refractivity contribution >= 4 is 21.5 Å². The van der Waals surface area contributed by atoms with E-state index in [0.29, 0.717) is 0 Å². The van der Waals surface area contributed by atoms with Crippen molar-refractivity contribution in [3.63, 3.8) is 0 Å². The van der Waals surface area contributed by atoms with E-state index in [2.05, 4.69) is 30.3 Å². The lowest BCUT2D eigenvalue weighted by molar-refractivity contribution is 0.000831. The van der Waals surface area contributed by atoms with Crippen molar-refractivity contribution in [1.82, 2.24) is 0 Å². The largest absolute Gasteiger partial charge is 0.387 e. The molecule has 1 saturated heterocycles. The lowest BCUT2D eigenvalue weighted by Gasteiger charge is -2.25. The Morgan fingerprint density at radius 2 is 1.62 bits per heavy atom. The van der Waals surface area contributed by atoms with E-state index < -0.39 is 12.2 Å². The molecule has 0 radical (unpaired) electrons. The normalized spacial score (nSPS) is 30.2. The van der Waals surface area contributed by atoms with Crippen LogP contribution in [0.5, 0.6) is 0 Å². The van der Waals surface area contributed by atoms with Crippen LogP contribution < -0.4 is 0 Å². The molecule has 0 aromatic heterocycles. The highest BCUT2D eigenvalue weighted by atomic mass is 16.6. The summed E-state index contributed by atoms with van der Waals surface area (Å²) in [5.74, 6) is 0. The molecule has 0 saturated carbocycles. The molecule has 3 aromatic rings. The molecule has 21 heavy (non-hydrogen) atoms.